The third-order valence-electron chi connectivity index (χ3n) is 9.95. The van der Waals surface area contributed by atoms with Crippen molar-refractivity contribution in [2.45, 2.75) is 129 Å². The van der Waals surface area contributed by atoms with Gasteiger partial charge in [0.1, 0.15) is 0 Å². The van der Waals surface area contributed by atoms with E-state index in [4.69, 9.17) is 0 Å². The van der Waals surface area contributed by atoms with Crippen molar-refractivity contribution in [3.05, 3.63) is 40.5 Å². The highest BCUT2D eigenvalue weighted by Gasteiger charge is 2.45. The van der Waals surface area contributed by atoms with Crippen molar-refractivity contribution < 1.29 is 0 Å². The van der Waals surface area contributed by atoms with Crippen LogP contribution in [-0.2, 0) is 11.8 Å². The molecule has 0 radical (unpaired) electrons. The molecule has 0 heteroatoms. The van der Waals surface area contributed by atoms with Crippen molar-refractivity contribution in [2.24, 2.45) is 10.8 Å². The van der Waals surface area contributed by atoms with Gasteiger partial charge >= 0.3 is 0 Å². The lowest BCUT2D eigenvalue weighted by Crippen LogP contribution is -2.28. The number of hydrogen-bond acceptors (Lipinski definition) is 0. The molecule has 0 amide bonds. The summed E-state index contributed by atoms with van der Waals surface area (Å²) in [6.07, 6.45) is 22.6. The van der Waals surface area contributed by atoms with E-state index in [9.17, 15) is 0 Å². The summed E-state index contributed by atoms with van der Waals surface area (Å²) in [5, 5.41) is 0. The van der Waals surface area contributed by atoms with Crippen molar-refractivity contribution in [1.82, 2.24) is 0 Å². The van der Waals surface area contributed by atoms with E-state index in [1.54, 1.807) is 16.7 Å². The molecule has 0 aliphatic heterocycles. The van der Waals surface area contributed by atoms with E-state index < -0.39 is 0 Å². The number of benzene rings is 1. The molecule has 1 aromatic rings. The predicted octanol–water partition coefficient (Wildman–Crippen LogP) is 9.16. The molecule has 0 spiro atoms. The fourth-order valence-corrected chi connectivity index (χ4v) is 8.03. The molecule has 3 fully saturated rings. The van der Waals surface area contributed by atoms with Crippen molar-refractivity contribution in [1.29, 1.82) is 0 Å². The number of allylic oxidation sites excluding steroid dienone is 2. The highest BCUT2D eigenvalue weighted by molar-refractivity contribution is 5.82. The topological polar surface area (TPSA) is 0 Å². The van der Waals surface area contributed by atoms with E-state index >= 15 is 0 Å². The van der Waals surface area contributed by atoms with Gasteiger partial charge < -0.3 is 0 Å². The minimum Gasteiger partial charge on any atom is -0.0613 e. The Bertz CT molecular complexity index is 804. The fraction of sp³-hybridized carbons (Fsp3) is 0.733. The lowest BCUT2D eigenvalue weighted by molar-refractivity contribution is 0.253. The van der Waals surface area contributed by atoms with Crippen LogP contribution >= 0.6 is 0 Å². The highest BCUT2D eigenvalue weighted by Crippen LogP contribution is 2.59. The van der Waals surface area contributed by atoms with Crippen LogP contribution in [0, 0.1) is 10.8 Å². The van der Waals surface area contributed by atoms with Gasteiger partial charge in [0.2, 0.25) is 0 Å². The van der Waals surface area contributed by atoms with E-state index in [2.05, 4.69) is 39.0 Å². The van der Waals surface area contributed by atoms with Gasteiger partial charge in [0.25, 0.3) is 0 Å². The summed E-state index contributed by atoms with van der Waals surface area (Å²) < 4.78 is 0. The van der Waals surface area contributed by atoms with Gasteiger partial charge in [-0.25, -0.2) is 0 Å². The molecule has 5 rings (SSSR count). The summed E-state index contributed by atoms with van der Waals surface area (Å²) in [7, 11) is 0. The zero-order valence-corrected chi connectivity index (χ0v) is 20.0. The summed E-state index contributed by atoms with van der Waals surface area (Å²) in [5.41, 5.74) is 10.1. The highest BCUT2D eigenvalue weighted by atomic mass is 14.5. The van der Waals surface area contributed by atoms with Crippen LogP contribution in [-0.4, -0.2) is 0 Å². The maximum atomic E-state index is 2.64. The van der Waals surface area contributed by atoms with Gasteiger partial charge in [-0.3, -0.25) is 0 Å². The van der Waals surface area contributed by atoms with Crippen LogP contribution in [0.3, 0.4) is 0 Å². The van der Waals surface area contributed by atoms with Crippen molar-refractivity contribution in [3.8, 4) is 0 Å². The number of fused-ring (bicyclic) bond motifs is 1. The molecular formula is C30H44. The van der Waals surface area contributed by atoms with Gasteiger partial charge in [0.15, 0.2) is 0 Å². The molecule has 0 atom stereocenters. The molecule has 0 nitrogen and oxygen atoms in total. The van der Waals surface area contributed by atoms with Crippen LogP contribution in [0.25, 0.3) is 5.57 Å². The quantitative estimate of drug-likeness (QED) is 0.471. The first kappa shape index (κ1) is 20.8. The molecule has 0 aromatic heterocycles. The van der Waals surface area contributed by atoms with Gasteiger partial charge in [-0.2, -0.15) is 0 Å². The van der Waals surface area contributed by atoms with Crippen LogP contribution < -0.4 is 0 Å². The Morgan fingerprint density at radius 3 is 1.63 bits per heavy atom. The molecule has 164 valence electrons. The first-order valence-corrected chi connectivity index (χ1v) is 13.3. The monoisotopic (exact) mass is 404 g/mol. The van der Waals surface area contributed by atoms with Crippen LogP contribution in [0.4, 0.5) is 0 Å². The molecule has 0 bridgehead atoms. The molecule has 0 saturated heterocycles. The van der Waals surface area contributed by atoms with Crippen LogP contribution in [0.2, 0.25) is 0 Å². The Hall–Kier alpha value is -1.04. The minimum atomic E-state index is 0.408. The molecule has 4 aliphatic carbocycles. The predicted molar refractivity (Wildman–Crippen MR) is 130 cm³/mol. The average Bonchev–Trinajstić information content (AvgIpc) is 3.17. The molecular weight excluding hydrogens is 360 g/mol. The van der Waals surface area contributed by atoms with Gasteiger partial charge in [-0.05, 0) is 83.5 Å². The first-order valence-electron chi connectivity index (χ1n) is 13.3. The lowest BCUT2D eigenvalue weighted by Gasteiger charge is -2.42. The third-order valence-corrected chi connectivity index (χ3v) is 9.95. The Morgan fingerprint density at radius 2 is 1.07 bits per heavy atom. The molecule has 3 saturated carbocycles. The zero-order chi connectivity index (χ0) is 20.8. The van der Waals surface area contributed by atoms with Crippen LogP contribution in [0.15, 0.2) is 23.8 Å². The first-order chi connectivity index (χ1) is 14.5. The Morgan fingerprint density at radius 1 is 0.567 bits per heavy atom. The molecule has 0 heterocycles. The third kappa shape index (κ3) is 3.41. The van der Waals surface area contributed by atoms with Gasteiger partial charge in [-0.1, -0.05) is 102 Å². The largest absolute Gasteiger partial charge is 0.0613 e. The minimum absolute atomic E-state index is 0.408. The lowest BCUT2D eigenvalue weighted by atomic mass is 9.63. The van der Waals surface area contributed by atoms with E-state index in [1.165, 1.54) is 103 Å². The summed E-state index contributed by atoms with van der Waals surface area (Å²) in [4.78, 5) is 0. The summed E-state index contributed by atoms with van der Waals surface area (Å²) in [6.45, 7) is 7.86. The Labute approximate surface area is 185 Å². The van der Waals surface area contributed by atoms with Gasteiger partial charge in [0.05, 0.1) is 0 Å². The Kier molecular flexibility index (Phi) is 5.44. The molecule has 1 aromatic carbocycles. The molecule has 30 heavy (non-hydrogen) atoms. The SMILES string of the molecule is CC1(C2=C(C3(C)CCCCC3)c3cccc(C4(C)CCCCC4)c3C2)CCCCC1. The Balaban J connectivity index is 1.64. The zero-order valence-electron chi connectivity index (χ0n) is 20.0. The standard InChI is InChI=1S/C30H44/c1-28(16-7-4-8-17-28)25-15-13-14-23-24(25)22-26(29(2)18-9-5-10-19-29)27(23)30(3)20-11-6-12-21-30/h13-15H,4-12,16-22H2,1-3H3. The summed E-state index contributed by atoms with van der Waals surface area (Å²) >= 11 is 0. The van der Waals surface area contributed by atoms with Crippen LogP contribution in [0.5, 0.6) is 0 Å². The molecule has 0 N–H and O–H groups in total. The normalized spacial score (nSPS) is 27.7. The second-order valence-electron chi connectivity index (χ2n) is 12.2. The van der Waals surface area contributed by atoms with Crippen LogP contribution in [0.1, 0.15) is 134 Å². The maximum Gasteiger partial charge on any atom is -0.00464 e. The summed E-state index contributed by atoms with van der Waals surface area (Å²) in [5.74, 6) is 0. The van der Waals surface area contributed by atoms with Crippen molar-refractivity contribution in [3.63, 3.8) is 0 Å². The van der Waals surface area contributed by atoms with Gasteiger partial charge in [-0.15, -0.1) is 0 Å². The van der Waals surface area contributed by atoms with Crippen molar-refractivity contribution in [2.75, 3.05) is 0 Å². The fourth-order valence-electron chi connectivity index (χ4n) is 8.03. The van der Waals surface area contributed by atoms with E-state index in [0.29, 0.717) is 16.2 Å². The van der Waals surface area contributed by atoms with Gasteiger partial charge in [0, 0.05) is 0 Å². The van der Waals surface area contributed by atoms with E-state index in [1.807, 2.05) is 11.1 Å². The maximum absolute atomic E-state index is 2.64. The average molecular weight is 405 g/mol. The number of hydrogen-bond donors (Lipinski definition) is 0. The molecule has 0 unspecified atom stereocenters. The summed E-state index contributed by atoms with van der Waals surface area (Å²) in [6, 6.07) is 7.48. The van der Waals surface area contributed by atoms with Crippen molar-refractivity contribution >= 4 is 5.57 Å². The van der Waals surface area contributed by atoms with E-state index in [-0.39, 0.29) is 0 Å². The second kappa shape index (κ2) is 7.83. The second-order valence-corrected chi connectivity index (χ2v) is 12.2. The number of rotatable bonds is 3. The molecule has 4 aliphatic rings. The smallest absolute Gasteiger partial charge is 0.00464 e. The van der Waals surface area contributed by atoms with E-state index in [0.717, 1.165) is 0 Å².